The van der Waals surface area contributed by atoms with Crippen molar-refractivity contribution >= 4 is 21.6 Å². The predicted molar refractivity (Wildman–Crippen MR) is 96.0 cm³/mol. The molecule has 0 aliphatic carbocycles. The molecule has 2 aromatic rings. The monoisotopic (exact) mass is 378 g/mol. The molecular weight excluding hydrogens is 356 g/mol. The van der Waals surface area contributed by atoms with Crippen molar-refractivity contribution in [3.8, 4) is 0 Å². The summed E-state index contributed by atoms with van der Waals surface area (Å²) in [7, 11) is -1.59. The van der Waals surface area contributed by atoms with Gasteiger partial charge in [-0.3, -0.25) is 9.89 Å². The molecule has 1 aliphatic rings. The van der Waals surface area contributed by atoms with Crippen LogP contribution in [0, 0.1) is 0 Å². The van der Waals surface area contributed by atoms with E-state index in [-0.39, 0.29) is 17.2 Å². The van der Waals surface area contributed by atoms with Crippen molar-refractivity contribution < 1.29 is 13.2 Å². The minimum atomic E-state index is -3.56. The van der Waals surface area contributed by atoms with Gasteiger partial charge in [0.25, 0.3) is 0 Å². The van der Waals surface area contributed by atoms with Gasteiger partial charge in [-0.15, -0.1) is 0 Å². The molecule has 1 aromatic carbocycles. The maximum absolute atomic E-state index is 12.8. The smallest absolute Gasteiger partial charge is 0.243 e. The number of aryl methyl sites for hydroxylation is 1. The summed E-state index contributed by atoms with van der Waals surface area (Å²) in [5.74, 6) is 0.419. The van der Waals surface area contributed by atoms with Crippen LogP contribution in [0.3, 0.4) is 0 Å². The lowest BCUT2D eigenvalue weighted by Crippen LogP contribution is -2.47. The Morgan fingerprint density at radius 3 is 2.73 bits per heavy atom. The summed E-state index contributed by atoms with van der Waals surface area (Å²) < 4.78 is 27.1. The SMILES string of the molecule is CN1CCN(S(=O)(=O)c2cccc(NC(=O)CCc3ncn[nH]3)c2)CC1. The summed E-state index contributed by atoms with van der Waals surface area (Å²) in [4.78, 5) is 18.3. The Morgan fingerprint density at radius 1 is 1.27 bits per heavy atom. The van der Waals surface area contributed by atoms with E-state index in [0.29, 0.717) is 44.1 Å². The van der Waals surface area contributed by atoms with Crippen molar-refractivity contribution in [1.82, 2.24) is 24.4 Å². The summed E-state index contributed by atoms with van der Waals surface area (Å²) >= 11 is 0. The molecule has 0 spiro atoms. The van der Waals surface area contributed by atoms with Crippen LogP contribution < -0.4 is 5.32 Å². The highest BCUT2D eigenvalue weighted by atomic mass is 32.2. The largest absolute Gasteiger partial charge is 0.326 e. The maximum atomic E-state index is 12.8. The number of benzene rings is 1. The van der Waals surface area contributed by atoms with E-state index in [2.05, 4.69) is 25.4 Å². The zero-order valence-corrected chi connectivity index (χ0v) is 15.4. The number of piperazine rings is 1. The van der Waals surface area contributed by atoms with E-state index in [1.807, 2.05) is 7.05 Å². The van der Waals surface area contributed by atoms with Crippen LogP contribution in [0.4, 0.5) is 5.69 Å². The van der Waals surface area contributed by atoms with Crippen LogP contribution in [0.2, 0.25) is 0 Å². The third kappa shape index (κ3) is 4.45. The van der Waals surface area contributed by atoms with Gasteiger partial charge in [-0.1, -0.05) is 6.07 Å². The second-order valence-corrected chi connectivity index (χ2v) is 8.15. The van der Waals surface area contributed by atoms with E-state index in [0.717, 1.165) is 0 Å². The number of hydrogen-bond acceptors (Lipinski definition) is 6. The van der Waals surface area contributed by atoms with Gasteiger partial charge in [-0.2, -0.15) is 9.40 Å². The molecule has 3 rings (SSSR count). The van der Waals surface area contributed by atoms with E-state index >= 15 is 0 Å². The van der Waals surface area contributed by atoms with Gasteiger partial charge in [0.2, 0.25) is 15.9 Å². The number of H-pyrrole nitrogens is 1. The zero-order chi connectivity index (χ0) is 18.6. The number of amides is 1. The summed E-state index contributed by atoms with van der Waals surface area (Å²) in [5.41, 5.74) is 0.461. The standard InChI is InChI=1S/C16H22N6O3S/c1-21-7-9-22(10-8-21)26(24,25)14-4-2-3-13(11-14)19-16(23)6-5-15-17-12-18-20-15/h2-4,11-12H,5-10H2,1H3,(H,19,23)(H,17,18,20). The van der Waals surface area contributed by atoms with Gasteiger partial charge in [0, 0.05) is 44.7 Å². The number of rotatable bonds is 6. The Hall–Kier alpha value is -2.30. The van der Waals surface area contributed by atoms with Gasteiger partial charge in [-0.05, 0) is 25.2 Å². The average molecular weight is 378 g/mol. The Kier molecular flexibility index (Phi) is 5.64. The molecule has 1 aromatic heterocycles. The minimum Gasteiger partial charge on any atom is -0.326 e. The molecule has 0 bridgehead atoms. The van der Waals surface area contributed by atoms with Crippen LogP contribution >= 0.6 is 0 Å². The molecule has 1 saturated heterocycles. The first-order valence-electron chi connectivity index (χ1n) is 8.38. The van der Waals surface area contributed by atoms with Crippen LogP contribution in [0.5, 0.6) is 0 Å². The van der Waals surface area contributed by atoms with E-state index < -0.39 is 10.0 Å². The quantitative estimate of drug-likeness (QED) is 0.748. The first-order valence-corrected chi connectivity index (χ1v) is 9.82. The first-order chi connectivity index (χ1) is 12.4. The second kappa shape index (κ2) is 7.94. The number of nitrogens with one attached hydrogen (secondary N) is 2. The van der Waals surface area contributed by atoms with Crippen molar-refractivity contribution in [1.29, 1.82) is 0 Å². The molecule has 140 valence electrons. The lowest BCUT2D eigenvalue weighted by Gasteiger charge is -2.31. The van der Waals surface area contributed by atoms with Crippen LogP contribution in [-0.4, -0.2) is 71.9 Å². The maximum Gasteiger partial charge on any atom is 0.243 e. The van der Waals surface area contributed by atoms with Gasteiger partial charge in [0.1, 0.15) is 12.2 Å². The van der Waals surface area contributed by atoms with Crippen LogP contribution in [0.1, 0.15) is 12.2 Å². The van der Waals surface area contributed by atoms with E-state index in [9.17, 15) is 13.2 Å². The number of sulfonamides is 1. The fraction of sp³-hybridized carbons (Fsp3) is 0.438. The Bertz CT molecular complexity index is 845. The van der Waals surface area contributed by atoms with Crippen molar-refractivity contribution in [2.24, 2.45) is 0 Å². The van der Waals surface area contributed by atoms with Gasteiger partial charge in [0.15, 0.2) is 0 Å². The van der Waals surface area contributed by atoms with Crippen LogP contribution in [-0.2, 0) is 21.2 Å². The number of carbonyl (C=O) groups is 1. The minimum absolute atomic E-state index is 0.190. The Labute approximate surface area is 152 Å². The fourth-order valence-corrected chi connectivity index (χ4v) is 4.19. The van der Waals surface area contributed by atoms with Crippen molar-refractivity contribution in [3.63, 3.8) is 0 Å². The number of carbonyl (C=O) groups excluding carboxylic acids is 1. The first kappa shape index (κ1) is 18.5. The molecule has 10 heteroatoms. The second-order valence-electron chi connectivity index (χ2n) is 6.22. The molecule has 2 N–H and O–H groups in total. The molecule has 0 radical (unpaired) electrons. The van der Waals surface area contributed by atoms with E-state index in [1.54, 1.807) is 18.2 Å². The Morgan fingerprint density at radius 2 is 2.04 bits per heavy atom. The number of aromatic amines is 1. The summed E-state index contributed by atoms with van der Waals surface area (Å²) in [5, 5.41) is 9.16. The van der Waals surface area contributed by atoms with Crippen molar-refractivity contribution in [2.75, 3.05) is 38.5 Å². The summed E-state index contributed by atoms with van der Waals surface area (Å²) in [6, 6.07) is 6.36. The fourth-order valence-electron chi connectivity index (χ4n) is 2.72. The molecule has 9 nitrogen and oxygen atoms in total. The average Bonchev–Trinajstić information content (AvgIpc) is 3.14. The zero-order valence-electron chi connectivity index (χ0n) is 14.6. The molecule has 0 atom stereocenters. The number of nitrogens with zero attached hydrogens (tertiary/aromatic N) is 4. The third-order valence-corrected chi connectivity index (χ3v) is 6.17. The van der Waals surface area contributed by atoms with Crippen molar-refractivity contribution in [3.05, 3.63) is 36.4 Å². The van der Waals surface area contributed by atoms with Gasteiger partial charge < -0.3 is 10.2 Å². The van der Waals surface area contributed by atoms with Gasteiger partial charge in [-0.25, -0.2) is 13.4 Å². The van der Waals surface area contributed by atoms with Crippen LogP contribution in [0.25, 0.3) is 0 Å². The number of likely N-dealkylation sites (N-methyl/N-ethyl adjacent to an activating group) is 1. The highest BCUT2D eigenvalue weighted by Crippen LogP contribution is 2.21. The number of aromatic nitrogens is 3. The topological polar surface area (TPSA) is 111 Å². The summed E-state index contributed by atoms with van der Waals surface area (Å²) in [6.07, 6.45) is 2.05. The molecular formula is C16H22N6O3S. The highest BCUT2D eigenvalue weighted by Gasteiger charge is 2.27. The molecule has 26 heavy (non-hydrogen) atoms. The Balaban J connectivity index is 1.64. The van der Waals surface area contributed by atoms with Crippen LogP contribution in [0.15, 0.2) is 35.5 Å². The molecule has 1 amide bonds. The normalized spacial score (nSPS) is 16.5. The highest BCUT2D eigenvalue weighted by molar-refractivity contribution is 7.89. The molecule has 2 heterocycles. The van der Waals surface area contributed by atoms with Gasteiger partial charge >= 0.3 is 0 Å². The molecule has 0 unspecified atom stereocenters. The van der Waals surface area contributed by atoms with Gasteiger partial charge in [0.05, 0.1) is 4.90 Å². The summed E-state index contributed by atoms with van der Waals surface area (Å²) in [6.45, 7) is 2.34. The van der Waals surface area contributed by atoms with E-state index in [4.69, 9.17) is 0 Å². The third-order valence-electron chi connectivity index (χ3n) is 4.27. The predicted octanol–water partition coefficient (Wildman–Crippen LogP) is 0.312. The lowest BCUT2D eigenvalue weighted by atomic mass is 10.2. The number of hydrogen-bond donors (Lipinski definition) is 2. The van der Waals surface area contributed by atoms with Crippen molar-refractivity contribution in [2.45, 2.75) is 17.7 Å². The van der Waals surface area contributed by atoms with E-state index in [1.165, 1.54) is 16.7 Å². The molecule has 1 aliphatic heterocycles. The molecule has 1 fully saturated rings. The lowest BCUT2D eigenvalue weighted by molar-refractivity contribution is -0.116. The number of anilines is 1. The molecule has 0 saturated carbocycles.